The van der Waals surface area contributed by atoms with Crippen LogP contribution in [-0.4, -0.2) is 40.9 Å². The number of para-hydroxylation sites is 1. The number of aryl methyl sites for hydroxylation is 2. The highest BCUT2D eigenvalue weighted by molar-refractivity contribution is 5.81. The Morgan fingerprint density at radius 2 is 1.92 bits per heavy atom. The Labute approximate surface area is 149 Å². The van der Waals surface area contributed by atoms with E-state index in [-0.39, 0.29) is 17.7 Å². The van der Waals surface area contributed by atoms with Gasteiger partial charge in [0.1, 0.15) is 0 Å². The second kappa shape index (κ2) is 7.72. The van der Waals surface area contributed by atoms with Gasteiger partial charge in [0.05, 0.1) is 0 Å². The summed E-state index contributed by atoms with van der Waals surface area (Å²) in [6, 6.07) is 10.6. The fourth-order valence-corrected chi connectivity index (χ4v) is 3.69. The molecule has 1 aromatic carbocycles. The molecule has 3 rings (SSSR count). The number of rotatable bonds is 5. The van der Waals surface area contributed by atoms with Crippen LogP contribution in [0.4, 0.5) is 0 Å². The van der Waals surface area contributed by atoms with Gasteiger partial charge in [-0.1, -0.05) is 18.2 Å². The van der Waals surface area contributed by atoms with Crippen LogP contribution in [0.15, 0.2) is 30.3 Å². The molecule has 1 N–H and O–H groups in total. The minimum atomic E-state index is 0.0461. The first-order chi connectivity index (χ1) is 12.1. The van der Waals surface area contributed by atoms with E-state index in [4.69, 9.17) is 0 Å². The quantitative estimate of drug-likeness (QED) is 0.850. The minimum Gasteiger partial charge on any atom is -0.356 e. The molecule has 2 heterocycles. The zero-order valence-corrected chi connectivity index (χ0v) is 15.1. The Morgan fingerprint density at radius 1 is 1.20 bits per heavy atom. The van der Waals surface area contributed by atoms with Crippen LogP contribution >= 0.6 is 0 Å². The summed E-state index contributed by atoms with van der Waals surface area (Å²) in [5, 5.41) is 4.34. The van der Waals surface area contributed by atoms with Gasteiger partial charge in [-0.3, -0.25) is 9.59 Å². The molecule has 1 aromatic heterocycles. The Morgan fingerprint density at radius 3 is 2.64 bits per heavy atom. The van der Waals surface area contributed by atoms with Crippen molar-refractivity contribution in [3.05, 3.63) is 36.0 Å². The number of hydrogen-bond donors (Lipinski definition) is 1. The molecule has 0 unspecified atom stereocenters. The number of carbonyl (C=O) groups is 2. The van der Waals surface area contributed by atoms with E-state index < -0.39 is 0 Å². The van der Waals surface area contributed by atoms with Gasteiger partial charge in [-0.25, -0.2) is 0 Å². The van der Waals surface area contributed by atoms with Crippen molar-refractivity contribution >= 4 is 22.7 Å². The fraction of sp³-hybridized carbons (Fsp3) is 0.500. The van der Waals surface area contributed by atoms with Crippen molar-refractivity contribution in [2.45, 2.75) is 39.7 Å². The topological polar surface area (TPSA) is 54.3 Å². The second-order valence-electron chi connectivity index (χ2n) is 6.92. The fourth-order valence-electron chi connectivity index (χ4n) is 3.69. The lowest BCUT2D eigenvalue weighted by atomic mass is 9.96. The first-order valence-electron chi connectivity index (χ1n) is 9.14. The number of amides is 2. The summed E-state index contributed by atoms with van der Waals surface area (Å²) >= 11 is 0. The minimum absolute atomic E-state index is 0.0461. The SMILES string of the molecule is CC(=O)N1CCC(C(=O)NCCCn2c(C)cc3ccccc32)CC1. The van der Waals surface area contributed by atoms with Crippen molar-refractivity contribution in [1.82, 2.24) is 14.8 Å². The van der Waals surface area contributed by atoms with Gasteiger partial charge in [-0.15, -0.1) is 0 Å². The third-order valence-corrected chi connectivity index (χ3v) is 5.19. The van der Waals surface area contributed by atoms with Gasteiger partial charge in [0.25, 0.3) is 0 Å². The number of likely N-dealkylation sites (tertiary alicyclic amines) is 1. The molecular formula is C20H27N3O2. The molecule has 0 spiro atoms. The molecule has 5 nitrogen and oxygen atoms in total. The van der Waals surface area contributed by atoms with Crippen molar-refractivity contribution in [3.8, 4) is 0 Å². The molecule has 0 aliphatic carbocycles. The zero-order chi connectivity index (χ0) is 17.8. The number of nitrogens with zero attached hydrogens (tertiary/aromatic N) is 2. The van der Waals surface area contributed by atoms with Crippen LogP contribution in [0.25, 0.3) is 10.9 Å². The van der Waals surface area contributed by atoms with Crippen LogP contribution in [0.3, 0.4) is 0 Å². The van der Waals surface area contributed by atoms with E-state index in [0.29, 0.717) is 19.6 Å². The molecule has 5 heteroatoms. The van der Waals surface area contributed by atoms with Crippen molar-refractivity contribution < 1.29 is 9.59 Å². The monoisotopic (exact) mass is 341 g/mol. The van der Waals surface area contributed by atoms with Crippen molar-refractivity contribution in [1.29, 1.82) is 0 Å². The Kier molecular flexibility index (Phi) is 5.41. The summed E-state index contributed by atoms with van der Waals surface area (Å²) in [4.78, 5) is 25.5. The van der Waals surface area contributed by atoms with Crippen molar-refractivity contribution in [3.63, 3.8) is 0 Å². The summed E-state index contributed by atoms with van der Waals surface area (Å²) in [6.07, 6.45) is 2.46. The largest absolute Gasteiger partial charge is 0.356 e. The van der Waals surface area contributed by atoms with Gasteiger partial charge in [-0.05, 0) is 43.7 Å². The van der Waals surface area contributed by atoms with Crippen LogP contribution in [0, 0.1) is 12.8 Å². The number of carbonyl (C=O) groups excluding carboxylic acids is 2. The average Bonchev–Trinajstić information content (AvgIpc) is 2.94. The van der Waals surface area contributed by atoms with Gasteiger partial charge in [0.2, 0.25) is 11.8 Å². The van der Waals surface area contributed by atoms with Crippen LogP contribution in [-0.2, 0) is 16.1 Å². The molecule has 1 aliphatic heterocycles. The predicted octanol–water partition coefficient (Wildman–Crippen LogP) is 2.71. The third-order valence-electron chi connectivity index (χ3n) is 5.19. The van der Waals surface area contributed by atoms with E-state index in [2.05, 4.69) is 47.1 Å². The summed E-state index contributed by atoms with van der Waals surface area (Å²) in [7, 11) is 0. The molecule has 1 fully saturated rings. The molecule has 0 atom stereocenters. The maximum absolute atomic E-state index is 12.3. The number of piperidine rings is 1. The van der Waals surface area contributed by atoms with Gasteiger partial charge in [-0.2, -0.15) is 0 Å². The van der Waals surface area contributed by atoms with Crippen LogP contribution in [0.5, 0.6) is 0 Å². The summed E-state index contributed by atoms with van der Waals surface area (Å²) in [5.74, 6) is 0.287. The van der Waals surface area contributed by atoms with Gasteiger partial charge < -0.3 is 14.8 Å². The Balaban J connectivity index is 1.45. The van der Waals surface area contributed by atoms with E-state index in [9.17, 15) is 9.59 Å². The maximum atomic E-state index is 12.3. The van der Waals surface area contributed by atoms with E-state index in [0.717, 1.165) is 25.8 Å². The molecule has 2 aromatic rings. The normalized spacial score (nSPS) is 15.5. The lowest BCUT2D eigenvalue weighted by molar-refractivity contribution is -0.133. The molecule has 25 heavy (non-hydrogen) atoms. The molecule has 1 saturated heterocycles. The highest BCUT2D eigenvalue weighted by Gasteiger charge is 2.25. The summed E-state index contributed by atoms with van der Waals surface area (Å²) in [5.41, 5.74) is 2.51. The number of aromatic nitrogens is 1. The smallest absolute Gasteiger partial charge is 0.223 e. The Bertz CT molecular complexity index is 757. The van der Waals surface area contributed by atoms with E-state index in [1.54, 1.807) is 6.92 Å². The molecule has 0 radical (unpaired) electrons. The molecule has 134 valence electrons. The highest BCUT2D eigenvalue weighted by Crippen LogP contribution is 2.20. The van der Waals surface area contributed by atoms with Gasteiger partial charge in [0.15, 0.2) is 0 Å². The second-order valence-corrected chi connectivity index (χ2v) is 6.92. The lowest BCUT2D eigenvalue weighted by Crippen LogP contribution is -2.42. The molecule has 1 aliphatic rings. The molecular weight excluding hydrogens is 314 g/mol. The number of benzene rings is 1. The van der Waals surface area contributed by atoms with Gasteiger partial charge in [0, 0.05) is 50.2 Å². The first-order valence-corrected chi connectivity index (χ1v) is 9.14. The Hall–Kier alpha value is -2.30. The zero-order valence-electron chi connectivity index (χ0n) is 15.1. The summed E-state index contributed by atoms with van der Waals surface area (Å²) < 4.78 is 2.31. The average molecular weight is 341 g/mol. The molecule has 0 saturated carbocycles. The van der Waals surface area contributed by atoms with Gasteiger partial charge >= 0.3 is 0 Å². The van der Waals surface area contributed by atoms with Crippen molar-refractivity contribution in [2.24, 2.45) is 5.92 Å². The standard InChI is InChI=1S/C20H27N3O2/c1-15-14-18-6-3-4-7-19(18)23(15)11-5-10-21-20(25)17-8-12-22(13-9-17)16(2)24/h3-4,6-7,14,17H,5,8-13H2,1-2H3,(H,21,25). The number of nitrogens with one attached hydrogen (secondary N) is 1. The first kappa shape index (κ1) is 17.5. The number of hydrogen-bond acceptors (Lipinski definition) is 2. The van der Waals surface area contributed by atoms with Crippen LogP contribution < -0.4 is 5.32 Å². The van der Waals surface area contributed by atoms with E-state index >= 15 is 0 Å². The number of fused-ring (bicyclic) bond motifs is 1. The van der Waals surface area contributed by atoms with Crippen molar-refractivity contribution in [2.75, 3.05) is 19.6 Å². The molecule has 0 bridgehead atoms. The maximum Gasteiger partial charge on any atom is 0.223 e. The van der Waals surface area contributed by atoms with Crippen LogP contribution in [0.2, 0.25) is 0 Å². The predicted molar refractivity (Wildman–Crippen MR) is 99.3 cm³/mol. The summed E-state index contributed by atoms with van der Waals surface area (Å²) in [6.45, 7) is 6.71. The highest BCUT2D eigenvalue weighted by atomic mass is 16.2. The molecule has 2 amide bonds. The van der Waals surface area contributed by atoms with Crippen LogP contribution in [0.1, 0.15) is 31.9 Å². The van der Waals surface area contributed by atoms with E-state index in [1.165, 1.54) is 16.6 Å². The third kappa shape index (κ3) is 4.03. The van der Waals surface area contributed by atoms with E-state index in [1.807, 2.05) is 4.90 Å². The lowest BCUT2D eigenvalue weighted by Gasteiger charge is -2.30.